The quantitative estimate of drug-likeness (QED) is 0.581. The van der Waals surface area contributed by atoms with Crippen molar-refractivity contribution in [1.29, 1.82) is 0 Å². The highest BCUT2D eigenvalue weighted by Crippen LogP contribution is 2.35. The predicted molar refractivity (Wildman–Crippen MR) is 71.5 cm³/mol. The van der Waals surface area contributed by atoms with Gasteiger partial charge in [-0.3, -0.25) is 0 Å². The van der Waals surface area contributed by atoms with Crippen molar-refractivity contribution >= 4 is 0 Å². The van der Waals surface area contributed by atoms with E-state index in [1.807, 2.05) is 0 Å². The third-order valence-electron chi connectivity index (χ3n) is 2.65. The second kappa shape index (κ2) is 5.94. The Labute approximate surface area is 102 Å². The van der Waals surface area contributed by atoms with Crippen molar-refractivity contribution in [2.45, 2.75) is 19.3 Å². The van der Waals surface area contributed by atoms with Gasteiger partial charge in [0.25, 0.3) is 0 Å². The van der Waals surface area contributed by atoms with Gasteiger partial charge in [-0.1, -0.05) is 18.2 Å². The van der Waals surface area contributed by atoms with Crippen LogP contribution in [-0.4, -0.2) is 10.2 Å². The molecular weight excluding hydrogens is 212 g/mol. The summed E-state index contributed by atoms with van der Waals surface area (Å²) in [5.41, 5.74) is 2.68. The highest BCUT2D eigenvalue weighted by atomic mass is 16.3. The van der Waals surface area contributed by atoms with Gasteiger partial charge in [-0.2, -0.15) is 0 Å². The zero-order valence-corrected chi connectivity index (χ0v) is 9.95. The minimum Gasteiger partial charge on any atom is -0.504 e. The normalized spacial score (nSPS) is 9.88. The summed E-state index contributed by atoms with van der Waals surface area (Å²) in [7, 11) is 0. The number of hydrogen-bond acceptors (Lipinski definition) is 2. The first-order chi connectivity index (χ1) is 8.15. The van der Waals surface area contributed by atoms with Gasteiger partial charge in [-0.25, -0.2) is 0 Å². The molecule has 0 aromatic heterocycles. The van der Waals surface area contributed by atoms with Crippen molar-refractivity contribution < 1.29 is 10.2 Å². The minimum absolute atomic E-state index is 0.0606. The van der Waals surface area contributed by atoms with Crippen molar-refractivity contribution in [3.8, 4) is 11.5 Å². The van der Waals surface area contributed by atoms with E-state index in [0.717, 1.165) is 16.7 Å². The summed E-state index contributed by atoms with van der Waals surface area (Å²) < 4.78 is 0. The van der Waals surface area contributed by atoms with E-state index >= 15 is 0 Å². The lowest BCUT2D eigenvalue weighted by Gasteiger charge is -2.15. The van der Waals surface area contributed by atoms with E-state index in [0.29, 0.717) is 19.3 Å². The summed E-state index contributed by atoms with van der Waals surface area (Å²) in [6, 6.07) is 1.59. The Kier molecular flexibility index (Phi) is 4.58. The smallest absolute Gasteiger partial charge is 0.161 e. The molecule has 1 rings (SSSR count). The molecule has 0 saturated carbocycles. The number of aromatic hydroxyl groups is 2. The van der Waals surface area contributed by atoms with Crippen LogP contribution in [0.4, 0.5) is 0 Å². The summed E-state index contributed by atoms with van der Waals surface area (Å²) in [4.78, 5) is 0. The molecule has 0 atom stereocenters. The van der Waals surface area contributed by atoms with Crippen LogP contribution in [0.15, 0.2) is 44.0 Å². The van der Waals surface area contributed by atoms with Crippen molar-refractivity contribution in [3.05, 3.63) is 60.7 Å². The van der Waals surface area contributed by atoms with Crippen LogP contribution in [-0.2, 0) is 19.3 Å². The van der Waals surface area contributed by atoms with Crippen LogP contribution in [0.25, 0.3) is 0 Å². The fraction of sp³-hybridized carbons (Fsp3) is 0.200. The van der Waals surface area contributed by atoms with E-state index in [2.05, 4.69) is 19.7 Å². The number of hydrogen-bond donors (Lipinski definition) is 2. The summed E-state index contributed by atoms with van der Waals surface area (Å²) in [6.45, 7) is 11.1. The van der Waals surface area contributed by atoms with Gasteiger partial charge in [0.1, 0.15) is 0 Å². The molecule has 2 nitrogen and oxygen atoms in total. The van der Waals surface area contributed by atoms with E-state index in [9.17, 15) is 10.2 Å². The largest absolute Gasteiger partial charge is 0.504 e. The molecule has 2 N–H and O–H groups in total. The van der Waals surface area contributed by atoms with Crippen molar-refractivity contribution in [3.63, 3.8) is 0 Å². The maximum Gasteiger partial charge on any atom is 0.161 e. The van der Waals surface area contributed by atoms with E-state index < -0.39 is 0 Å². The van der Waals surface area contributed by atoms with Gasteiger partial charge in [0.2, 0.25) is 0 Å². The molecule has 0 unspecified atom stereocenters. The molecule has 0 aliphatic heterocycles. The highest BCUT2D eigenvalue weighted by Gasteiger charge is 2.14. The summed E-state index contributed by atoms with van der Waals surface area (Å²) in [5.74, 6) is -0.152. The van der Waals surface area contributed by atoms with Gasteiger partial charge in [-0.05, 0) is 36.5 Å². The Morgan fingerprint density at radius 1 is 0.882 bits per heavy atom. The first-order valence-electron chi connectivity index (χ1n) is 5.53. The monoisotopic (exact) mass is 230 g/mol. The third kappa shape index (κ3) is 2.78. The minimum atomic E-state index is -0.0912. The molecule has 17 heavy (non-hydrogen) atoms. The molecule has 0 spiro atoms. The lowest BCUT2D eigenvalue weighted by molar-refractivity contribution is 0.399. The number of phenolic OH excluding ortho intramolecular Hbond substituents is 2. The van der Waals surface area contributed by atoms with Crippen LogP contribution in [0, 0.1) is 0 Å². The summed E-state index contributed by atoms with van der Waals surface area (Å²) >= 11 is 0. The predicted octanol–water partition coefficient (Wildman–Crippen LogP) is 3.28. The molecule has 1 aromatic carbocycles. The van der Waals surface area contributed by atoms with Gasteiger partial charge < -0.3 is 10.2 Å². The van der Waals surface area contributed by atoms with Crippen LogP contribution >= 0.6 is 0 Å². The van der Waals surface area contributed by atoms with Crippen LogP contribution in [0.5, 0.6) is 11.5 Å². The maximum absolute atomic E-state index is 9.87. The molecule has 2 heteroatoms. The van der Waals surface area contributed by atoms with Gasteiger partial charge in [0, 0.05) is 5.56 Å². The Balaban J connectivity index is 3.43. The Hall–Kier alpha value is -1.96. The van der Waals surface area contributed by atoms with Crippen molar-refractivity contribution in [2.24, 2.45) is 0 Å². The van der Waals surface area contributed by atoms with E-state index in [1.54, 1.807) is 24.3 Å². The third-order valence-corrected chi connectivity index (χ3v) is 2.65. The Morgan fingerprint density at radius 2 is 1.41 bits per heavy atom. The second-order valence-electron chi connectivity index (χ2n) is 3.84. The molecule has 0 radical (unpaired) electrons. The average molecular weight is 230 g/mol. The average Bonchev–Trinajstić information content (AvgIpc) is 2.30. The number of benzene rings is 1. The molecule has 0 bridgehead atoms. The van der Waals surface area contributed by atoms with Crippen LogP contribution in [0.2, 0.25) is 0 Å². The lowest BCUT2D eigenvalue weighted by Crippen LogP contribution is -1.99. The zero-order chi connectivity index (χ0) is 12.8. The Morgan fingerprint density at radius 3 is 1.94 bits per heavy atom. The van der Waals surface area contributed by atoms with E-state index in [-0.39, 0.29) is 11.5 Å². The van der Waals surface area contributed by atoms with Gasteiger partial charge in [0.05, 0.1) is 0 Å². The molecule has 90 valence electrons. The first kappa shape index (κ1) is 13.1. The molecular formula is C15H18O2. The molecule has 0 aliphatic rings. The van der Waals surface area contributed by atoms with Crippen molar-refractivity contribution in [2.75, 3.05) is 0 Å². The van der Waals surface area contributed by atoms with Crippen LogP contribution < -0.4 is 0 Å². The Bertz CT molecular complexity index is 445. The summed E-state index contributed by atoms with van der Waals surface area (Å²) in [5, 5.41) is 19.6. The van der Waals surface area contributed by atoms with E-state index in [1.165, 1.54) is 0 Å². The zero-order valence-electron chi connectivity index (χ0n) is 9.95. The standard InChI is InChI=1S/C15H18O2/c1-4-7-11-10-14(16)15(17)13(9-6-3)12(11)8-5-2/h4-6,10,16-17H,1-3,7-9H2. The number of allylic oxidation sites excluding steroid dienone is 3. The van der Waals surface area contributed by atoms with Gasteiger partial charge in [0.15, 0.2) is 11.5 Å². The molecule has 0 fully saturated rings. The molecule has 0 saturated heterocycles. The van der Waals surface area contributed by atoms with Crippen molar-refractivity contribution in [1.82, 2.24) is 0 Å². The number of rotatable bonds is 6. The molecule has 0 amide bonds. The van der Waals surface area contributed by atoms with Gasteiger partial charge in [-0.15, -0.1) is 19.7 Å². The number of phenols is 2. The highest BCUT2D eigenvalue weighted by molar-refractivity contribution is 5.54. The van der Waals surface area contributed by atoms with E-state index in [4.69, 9.17) is 0 Å². The second-order valence-corrected chi connectivity index (χ2v) is 3.84. The van der Waals surface area contributed by atoms with Crippen LogP contribution in [0.1, 0.15) is 16.7 Å². The fourth-order valence-corrected chi connectivity index (χ4v) is 1.91. The van der Waals surface area contributed by atoms with Gasteiger partial charge >= 0.3 is 0 Å². The maximum atomic E-state index is 9.87. The molecule has 0 aliphatic carbocycles. The lowest BCUT2D eigenvalue weighted by atomic mass is 9.93. The fourth-order valence-electron chi connectivity index (χ4n) is 1.91. The topological polar surface area (TPSA) is 40.5 Å². The molecule has 0 heterocycles. The van der Waals surface area contributed by atoms with Crippen LogP contribution in [0.3, 0.4) is 0 Å². The summed E-state index contributed by atoms with van der Waals surface area (Å²) in [6.07, 6.45) is 7.09. The molecule has 1 aromatic rings. The SMILES string of the molecule is C=CCc1cc(O)c(O)c(CC=C)c1CC=C. The first-order valence-corrected chi connectivity index (χ1v) is 5.53.